The van der Waals surface area contributed by atoms with Crippen LogP contribution in [0.4, 0.5) is 4.79 Å². The molecule has 0 aliphatic heterocycles. The normalized spacial score (nSPS) is 12.7. The van der Waals surface area contributed by atoms with Crippen molar-refractivity contribution in [1.29, 1.82) is 0 Å². The highest BCUT2D eigenvalue weighted by Gasteiger charge is 2.29. The van der Waals surface area contributed by atoms with E-state index in [1.807, 2.05) is 0 Å². The molecule has 0 aromatic carbocycles. The van der Waals surface area contributed by atoms with Gasteiger partial charge in [0.25, 0.3) is 0 Å². The SMILES string of the molecule is C=CCOC(=O)COC[C@H](NC(=O)OC(C)(C)C)C(=O)OC(C)(C)C. The molecule has 0 unspecified atom stereocenters. The number of hydrogen-bond acceptors (Lipinski definition) is 7. The van der Waals surface area contributed by atoms with E-state index in [1.54, 1.807) is 41.5 Å². The lowest BCUT2D eigenvalue weighted by Gasteiger charge is -2.26. The Kier molecular flexibility index (Phi) is 9.19. The first kappa shape index (κ1) is 22.9. The van der Waals surface area contributed by atoms with Crippen molar-refractivity contribution in [3.05, 3.63) is 12.7 Å². The summed E-state index contributed by atoms with van der Waals surface area (Å²) >= 11 is 0. The molecule has 144 valence electrons. The van der Waals surface area contributed by atoms with Gasteiger partial charge in [0.1, 0.15) is 24.4 Å². The number of amides is 1. The second-order valence-corrected chi connectivity index (χ2v) is 7.22. The standard InChI is InChI=1S/C17H29NO7/c1-8-9-23-13(19)11-22-10-12(14(20)24-16(2,3)4)18-15(21)25-17(5,6)7/h8,12H,1,9-11H2,2-7H3,(H,18,21)/t12-/m0/s1. The first-order chi connectivity index (χ1) is 11.3. The molecule has 1 amide bonds. The van der Waals surface area contributed by atoms with Gasteiger partial charge in [0, 0.05) is 0 Å². The van der Waals surface area contributed by atoms with Crippen LogP contribution in [0.2, 0.25) is 0 Å². The van der Waals surface area contributed by atoms with Crippen molar-refractivity contribution >= 4 is 18.0 Å². The minimum absolute atomic E-state index is 0.0633. The molecular formula is C17H29NO7. The van der Waals surface area contributed by atoms with E-state index >= 15 is 0 Å². The summed E-state index contributed by atoms with van der Waals surface area (Å²) in [5, 5.41) is 2.38. The number of carbonyl (C=O) groups is 3. The molecule has 25 heavy (non-hydrogen) atoms. The highest BCUT2D eigenvalue weighted by molar-refractivity contribution is 5.82. The Morgan fingerprint density at radius 2 is 1.60 bits per heavy atom. The predicted molar refractivity (Wildman–Crippen MR) is 91.0 cm³/mol. The Hall–Kier alpha value is -2.09. The van der Waals surface area contributed by atoms with E-state index in [2.05, 4.69) is 11.9 Å². The molecule has 0 saturated carbocycles. The fourth-order valence-electron chi connectivity index (χ4n) is 1.45. The Balaban J connectivity index is 4.73. The van der Waals surface area contributed by atoms with Gasteiger partial charge in [-0.3, -0.25) is 0 Å². The molecule has 0 aliphatic carbocycles. The molecular weight excluding hydrogens is 330 g/mol. The maximum absolute atomic E-state index is 12.2. The third-order valence-corrected chi connectivity index (χ3v) is 2.25. The minimum atomic E-state index is -1.12. The van der Waals surface area contributed by atoms with Gasteiger partial charge < -0.3 is 24.3 Å². The second kappa shape index (κ2) is 10.0. The topological polar surface area (TPSA) is 100 Å². The molecule has 0 rings (SSSR count). The molecule has 0 heterocycles. The lowest BCUT2D eigenvalue weighted by molar-refractivity contribution is -0.161. The molecule has 0 aliphatic rings. The van der Waals surface area contributed by atoms with E-state index in [1.165, 1.54) is 6.08 Å². The van der Waals surface area contributed by atoms with E-state index in [0.717, 1.165) is 0 Å². The zero-order chi connectivity index (χ0) is 19.7. The van der Waals surface area contributed by atoms with E-state index in [4.69, 9.17) is 18.9 Å². The number of nitrogens with one attached hydrogen (secondary N) is 1. The molecule has 0 aromatic rings. The minimum Gasteiger partial charge on any atom is -0.460 e. The Bertz CT molecular complexity index is 474. The third kappa shape index (κ3) is 12.9. The number of carbonyl (C=O) groups excluding carboxylic acids is 3. The van der Waals surface area contributed by atoms with Crippen molar-refractivity contribution in [2.75, 3.05) is 19.8 Å². The molecule has 8 heteroatoms. The van der Waals surface area contributed by atoms with Crippen LogP contribution in [0.1, 0.15) is 41.5 Å². The first-order valence-electron chi connectivity index (χ1n) is 7.90. The fraction of sp³-hybridized carbons (Fsp3) is 0.706. The van der Waals surface area contributed by atoms with Crippen molar-refractivity contribution in [2.24, 2.45) is 0 Å². The molecule has 0 fully saturated rings. The highest BCUT2D eigenvalue weighted by atomic mass is 16.6. The molecule has 1 atom stereocenters. The van der Waals surface area contributed by atoms with Crippen LogP contribution >= 0.6 is 0 Å². The van der Waals surface area contributed by atoms with Crippen molar-refractivity contribution in [3.8, 4) is 0 Å². The van der Waals surface area contributed by atoms with Crippen LogP contribution in [-0.4, -0.2) is 55.1 Å². The Morgan fingerprint density at radius 3 is 2.08 bits per heavy atom. The highest BCUT2D eigenvalue weighted by Crippen LogP contribution is 2.10. The summed E-state index contributed by atoms with van der Waals surface area (Å²) in [5.74, 6) is -1.31. The maximum Gasteiger partial charge on any atom is 0.408 e. The molecule has 0 spiro atoms. The third-order valence-electron chi connectivity index (χ3n) is 2.25. The van der Waals surface area contributed by atoms with Crippen LogP contribution in [0.15, 0.2) is 12.7 Å². The molecule has 0 aromatic heterocycles. The van der Waals surface area contributed by atoms with Crippen LogP contribution in [0.25, 0.3) is 0 Å². The van der Waals surface area contributed by atoms with Crippen LogP contribution in [0.3, 0.4) is 0 Å². The average molecular weight is 359 g/mol. The Morgan fingerprint density at radius 1 is 1.04 bits per heavy atom. The van der Waals surface area contributed by atoms with Crippen molar-refractivity contribution in [2.45, 2.75) is 58.8 Å². The predicted octanol–water partition coefficient (Wildman–Crippen LogP) is 1.97. The summed E-state index contributed by atoms with van der Waals surface area (Å²) < 4.78 is 20.2. The Labute approximate surface area is 148 Å². The van der Waals surface area contributed by atoms with Crippen molar-refractivity contribution < 1.29 is 33.3 Å². The van der Waals surface area contributed by atoms with E-state index in [-0.39, 0.29) is 19.8 Å². The zero-order valence-electron chi connectivity index (χ0n) is 15.8. The van der Waals surface area contributed by atoms with Gasteiger partial charge in [-0.25, -0.2) is 14.4 Å². The van der Waals surface area contributed by atoms with Crippen LogP contribution in [-0.2, 0) is 28.5 Å². The lowest BCUT2D eigenvalue weighted by atomic mass is 10.2. The summed E-state index contributed by atoms with van der Waals surface area (Å²) in [6, 6.07) is -1.12. The average Bonchev–Trinajstić information content (AvgIpc) is 2.40. The van der Waals surface area contributed by atoms with E-state index in [9.17, 15) is 14.4 Å². The van der Waals surface area contributed by atoms with Crippen LogP contribution in [0.5, 0.6) is 0 Å². The molecule has 0 radical (unpaired) electrons. The van der Waals surface area contributed by atoms with E-state index in [0.29, 0.717) is 0 Å². The number of esters is 2. The number of ether oxygens (including phenoxy) is 4. The summed E-state index contributed by atoms with van der Waals surface area (Å²) in [4.78, 5) is 35.5. The van der Waals surface area contributed by atoms with Gasteiger partial charge >= 0.3 is 18.0 Å². The summed E-state index contributed by atoms with van der Waals surface area (Å²) in [6.45, 7) is 13.0. The van der Waals surface area contributed by atoms with Crippen LogP contribution < -0.4 is 5.32 Å². The molecule has 0 bridgehead atoms. The number of alkyl carbamates (subject to hydrolysis) is 1. The van der Waals surface area contributed by atoms with Gasteiger partial charge in [0.2, 0.25) is 0 Å². The van der Waals surface area contributed by atoms with E-state index < -0.39 is 35.3 Å². The summed E-state index contributed by atoms with van der Waals surface area (Å²) in [7, 11) is 0. The summed E-state index contributed by atoms with van der Waals surface area (Å²) in [5.41, 5.74) is -1.47. The van der Waals surface area contributed by atoms with Gasteiger partial charge in [-0.2, -0.15) is 0 Å². The van der Waals surface area contributed by atoms with Gasteiger partial charge in [-0.05, 0) is 41.5 Å². The quantitative estimate of drug-likeness (QED) is 0.402. The molecule has 0 saturated heterocycles. The smallest absolute Gasteiger partial charge is 0.408 e. The van der Waals surface area contributed by atoms with Gasteiger partial charge in [0.15, 0.2) is 6.04 Å². The number of rotatable bonds is 8. The maximum atomic E-state index is 12.2. The largest absolute Gasteiger partial charge is 0.460 e. The summed E-state index contributed by atoms with van der Waals surface area (Å²) in [6.07, 6.45) is 0.632. The van der Waals surface area contributed by atoms with Crippen molar-refractivity contribution in [1.82, 2.24) is 5.32 Å². The molecule has 1 N–H and O–H groups in total. The van der Waals surface area contributed by atoms with Crippen LogP contribution in [0, 0.1) is 0 Å². The second-order valence-electron chi connectivity index (χ2n) is 7.22. The number of hydrogen-bond donors (Lipinski definition) is 1. The van der Waals surface area contributed by atoms with Gasteiger partial charge in [0.05, 0.1) is 6.61 Å². The first-order valence-corrected chi connectivity index (χ1v) is 7.90. The monoisotopic (exact) mass is 359 g/mol. The lowest BCUT2D eigenvalue weighted by Crippen LogP contribution is -2.48. The zero-order valence-corrected chi connectivity index (χ0v) is 15.8. The fourth-order valence-corrected chi connectivity index (χ4v) is 1.45. The van der Waals surface area contributed by atoms with Gasteiger partial charge in [-0.1, -0.05) is 12.7 Å². The van der Waals surface area contributed by atoms with Crippen molar-refractivity contribution in [3.63, 3.8) is 0 Å². The van der Waals surface area contributed by atoms with Gasteiger partial charge in [-0.15, -0.1) is 0 Å². The molecule has 8 nitrogen and oxygen atoms in total.